The third-order valence-electron chi connectivity index (χ3n) is 3.23. The fraction of sp³-hybridized carbons (Fsp3) is 0.167. The summed E-state index contributed by atoms with van der Waals surface area (Å²) in [5, 5.41) is 13.5. The van der Waals surface area contributed by atoms with Crippen LogP contribution in [0, 0.1) is 0 Å². The van der Waals surface area contributed by atoms with Gasteiger partial charge >= 0.3 is 5.97 Å². The topological polar surface area (TPSA) is 95.5 Å². The molecule has 2 aromatic rings. The van der Waals surface area contributed by atoms with Gasteiger partial charge in [0.05, 0.1) is 5.97 Å². The van der Waals surface area contributed by atoms with E-state index in [1.807, 2.05) is 0 Å². The van der Waals surface area contributed by atoms with Crippen molar-refractivity contribution in [3.8, 4) is 0 Å². The monoisotopic (exact) mass is 326 g/mol. The first-order valence-corrected chi connectivity index (χ1v) is 7.34. The van der Waals surface area contributed by atoms with Gasteiger partial charge in [-0.25, -0.2) is 0 Å². The molecule has 0 fully saturated rings. The molecule has 6 heteroatoms. The van der Waals surface area contributed by atoms with Crippen LogP contribution in [0.15, 0.2) is 60.7 Å². The lowest BCUT2D eigenvalue weighted by Crippen LogP contribution is -2.42. The zero-order valence-electron chi connectivity index (χ0n) is 12.8. The highest BCUT2D eigenvalue weighted by molar-refractivity contribution is 5.96. The van der Waals surface area contributed by atoms with Crippen molar-refractivity contribution in [2.24, 2.45) is 0 Å². The highest BCUT2D eigenvalue weighted by Gasteiger charge is 2.17. The molecule has 0 saturated heterocycles. The molecule has 0 spiro atoms. The van der Waals surface area contributed by atoms with Gasteiger partial charge in [-0.1, -0.05) is 48.5 Å². The zero-order chi connectivity index (χ0) is 17.4. The van der Waals surface area contributed by atoms with E-state index in [1.165, 1.54) is 0 Å². The van der Waals surface area contributed by atoms with Crippen LogP contribution in [-0.4, -0.2) is 30.5 Å². The molecular weight excluding hydrogens is 310 g/mol. The number of aliphatic carboxylic acids is 1. The lowest BCUT2D eigenvalue weighted by Gasteiger charge is -2.19. The minimum Gasteiger partial charge on any atom is -0.546 e. The second-order valence-corrected chi connectivity index (χ2v) is 5.04. The third kappa shape index (κ3) is 5.24. The summed E-state index contributed by atoms with van der Waals surface area (Å²) < 4.78 is 4.89. The van der Waals surface area contributed by atoms with E-state index in [0.29, 0.717) is 11.1 Å². The Hall–Kier alpha value is -3.15. The van der Waals surface area contributed by atoms with Crippen LogP contribution in [-0.2, 0) is 20.7 Å². The Morgan fingerprint density at radius 1 is 0.958 bits per heavy atom. The number of amides is 1. The predicted octanol–water partition coefficient (Wildman–Crippen LogP) is 0.321. The molecule has 1 N–H and O–H groups in total. The van der Waals surface area contributed by atoms with Gasteiger partial charge < -0.3 is 20.0 Å². The fourth-order valence-electron chi connectivity index (χ4n) is 2.05. The van der Waals surface area contributed by atoms with E-state index in [-0.39, 0.29) is 6.42 Å². The van der Waals surface area contributed by atoms with Crippen molar-refractivity contribution >= 4 is 17.8 Å². The predicted molar refractivity (Wildman–Crippen MR) is 83.8 cm³/mol. The molecule has 0 bridgehead atoms. The van der Waals surface area contributed by atoms with Gasteiger partial charge in [0.2, 0.25) is 0 Å². The Morgan fingerprint density at radius 3 is 2.12 bits per heavy atom. The van der Waals surface area contributed by atoms with Crippen molar-refractivity contribution in [3.05, 3.63) is 71.8 Å². The maximum absolute atomic E-state index is 11.8. The summed E-state index contributed by atoms with van der Waals surface area (Å²) in [7, 11) is 0. The van der Waals surface area contributed by atoms with Crippen molar-refractivity contribution in [2.75, 3.05) is 6.54 Å². The summed E-state index contributed by atoms with van der Waals surface area (Å²) in [6.07, 6.45) is -1.41. The van der Waals surface area contributed by atoms with Gasteiger partial charge in [0.1, 0.15) is 12.6 Å². The van der Waals surface area contributed by atoms with Crippen molar-refractivity contribution in [1.82, 2.24) is 5.32 Å². The van der Waals surface area contributed by atoms with Gasteiger partial charge in [-0.2, -0.15) is 0 Å². The second kappa shape index (κ2) is 8.47. The van der Waals surface area contributed by atoms with E-state index < -0.39 is 30.5 Å². The summed E-state index contributed by atoms with van der Waals surface area (Å²) in [5.74, 6) is -2.77. The van der Waals surface area contributed by atoms with Crippen molar-refractivity contribution in [3.63, 3.8) is 0 Å². The first kappa shape index (κ1) is 17.2. The minimum absolute atomic E-state index is 0.00153. The van der Waals surface area contributed by atoms with E-state index in [1.54, 1.807) is 60.7 Å². The molecule has 1 atom stereocenters. The Balaban J connectivity index is 1.87. The Labute approximate surface area is 139 Å². The molecule has 0 aliphatic rings. The van der Waals surface area contributed by atoms with E-state index in [2.05, 4.69) is 5.32 Å². The summed E-state index contributed by atoms with van der Waals surface area (Å²) in [5.41, 5.74) is 1.10. The van der Waals surface area contributed by atoms with Gasteiger partial charge in [-0.3, -0.25) is 9.59 Å². The first-order chi connectivity index (χ1) is 11.6. The lowest BCUT2D eigenvalue weighted by molar-refractivity contribution is -0.315. The number of hydrogen-bond donors (Lipinski definition) is 1. The van der Waals surface area contributed by atoms with Crippen LogP contribution in [0.25, 0.3) is 0 Å². The number of ether oxygens (including phenoxy) is 1. The van der Waals surface area contributed by atoms with Crippen LogP contribution < -0.4 is 10.4 Å². The second-order valence-electron chi connectivity index (χ2n) is 5.04. The number of carboxylic acids is 1. The van der Waals surface area contributed by atoms with Gasteiger partial charge in [0, 0.05) is 12.0 Å². The molecule has 1 amide bonds. The SMILES string of the molecule is O=C(CNC(=O)c1ccccc1)O[C@@H](Cc1ccccc1)C(=O)[O-]. The smallest absolute Gasteiger partial charge is 0.326 e. The van der Waals surface area contributed by atoms with Crippen LogP contribution in [0.1, 0.15) is 15.9 Å². The van der Waals surface area contributed by atoms with E-state index in [4.69, 9.17) is 4.74 Å². The van der Waals surface area contributed by atoms with Gasteiger partial charge in [0.15, 0.2) is 0 Å². The molecule has 6 nitrogen and oxygen atoms in total. The normalized spacial score (nSPS) is 11.3. The summed E-state index contributed by atoms with van der Waals surface area (Å²) >= 11 is 0. The summed E-state index contributed by atoms with van der Waals surface area (Å²) in [4.78, 5) is 34.7. The van der Waals surface area contributed by atoms with Crippen molar-refractivity contribution in [1.29, 1.82) is 0 Å². The van der Waals surface area contributed by atoms with Crippen LogP contribution >= 0.6 is 0 Å². The molecule has 2 rings (SSSR count). The number of carbonyl (C=O) groups is 3. The Kier molecular flexibility index (Phi) is 6.08. The average Bonchev–Trinajstić information content (AvgIpc) is 2.60. The molecule has 0 saturated carbocycles. The van der Waals surface area contributed by atoms with E-state index >= 15 is 0 Å². The molecule has 0 aliphatic carbocycles. The molecule has 2 aromatic carbocycles. The van der Waals surface area contributed by atoms with Gasteiger partial charge in [0.25, 0.3) is 5.91 Å². The number of benzene rings is 2. The molecule has 24 heavy (non-hydrogen) atoms. The number of hydrogen-bond acceptors (Lipinski definition) is 5. The molecule has 0 aliphatic heterocycles. The number of esters is 1. The molecule has 124 valence electrons. The molecule has 0 radical (unpaired) electrons. The van der Waals surface area contributed by atoms with Crippen molar-refractivity contribution in [2.45, 2.75) is 12.5 Å². The summed E-state index contributed by atoms with van der Waals surface area (Å²) in [6, 6.07) is 17.1. The Bertz CT molecular complexity index is 700. The number of nitrogens with one attached hydrogen (secondary N) is 1. The first-order valence-electron chi connectivity index (χ1n) is 7.34. The van der Waals surface area contributed by atoms with Crippen LogP contribution in [0.2, 0.25) is 0 Å². The molecular formula is C18H16NO5-. The standard InChI is InChI=1S/C18H17NO5/c20-16(12-19-17(21)14-9-5-2-6-10-14)24-15(18(22)23)11-13-7-3-1-4-8-13/h1-10,15H,11-12H2,(H,19,21)(H,22,23)/p-1/t15-/m0/s1. The Morgan fingerprint density at radius 2 is 1.54 bits per heavy atom. The number of carboxylic acid groups (broad SMARTS) is 1. The van der Waals surface area contributed by atoms with Gasteiger partial charge in [-0.05, 0) is 17.7 Å². The highest BCUT2D eigenvalue weighted by atomic mass is 16.6. The fourth-order valence-corrected chi connectivity index (χ4v) is 2.05. The lowest BCUT2D eigenvalue weighted by atomic mass is 10.1. The largest absolute Gasteiger partial charge is 0.546 e. The number of rotatable bonds is 7. The van der Waals surface area contributed by atoms with Gasteiger partial charge in [-0.15, -0.1) is 0 Å². The van der Waals surface area contributed by atoms with E-state index in [0.717, 1.165) is 0 Å². The maximum Gasteiger partial charge on any atom is 0.326 e. The van der Waals surface area contributed by atoms with E-state index in [9.17, 15) is 19.5 Å². The van der Waals surface area contributed by atoms with Crippen LogP contribution in [0.3, 0.4) is 0 Å². The number of carbonyl (C=O) groups excluding carboxylic acids is 3. The third-order valence-corrected chi connectivity index (χ3v) is 3.23. The summed E-state index contributed by atoms with van der Waals surface area (Å²) in [6.45, 7) is -0.424. The average molecular weight is 326 g/mol. The van der Waals surface area contributed by atoms with Crippen LogP contribution in [0.4, 0.5) is 0 Å². The minimum atomic E-state index is -1.48. The van der Waals surface area contributed by atoms with Crippen LogP contribution in [0.5, 0.6) is 0 Å². The zero-order valence-corrected chi connectivity index (χ0v) is 12.8. The molecule has 0 heterocycles. The molecule has 0 aromatic heterocycles. The maximum atomic E-state index is 11.8. The van der Waals surface area contributed by atoms with Crippen molar-refractivity contribution < 1.29 is 24.2 Å². The quantitative estimate of drug-likeness (QED) is 0.739. The highest BCUT2D eigenvalue weighted by Crippen LogP contribution is 2.06. The molecule has 0 unspecified atom stereocenters.